The number of aryl methyl sites for hydroxylation is 4. The molecule has 2 aromatic rings. The van der Waals surface area contributed by atoms with Crippen molar-refractivity contribution in [2.24, 2.45) is 0 Å². The molecular formula is C23H34N4O4. The van der Waals surface area contributed by atoms with Crippen LogP contribution in [0.3, 0.4) is 0 Å². The third kappa shape index (κ3) is 6.12. The Balaban J connectivity index is 1.65. The van der Waals surface area contributed by atoms with E-state index in [9.17, 15) is 9.90 Å². The molecule has 31 heavy (non-hydrogen) atoms. The molecule has 0 aliphatic carbocycles. The lowest BCUT2D eigenvalue weighted by Crippen LogP contribution is -2.24. The van der Waals surface area contributed by atoms with Crippen molar-refractivity contribution in [1.82, 2.24) is 20.1 Å². The van der Waals surface area contributed by atoms with E-state index >= 15 is 0 Å². The first-order chi connectivity index (χ1) is 15.0. The van der Waals surface area contributed by atoms with Crippen molar-refractivity contribution in [3.63, 3.8) is 0 Å². The van der Waals surface area contributed by atoms with Crippen LogP contribution in [-0.2, 0) is 28.9 Å². The van der Waals surface area contributed by atoms with Gasteiger partial charge < -0.3 is 14.6 Å². The Morgan fingerprint density at radius 2 is 2.13 bits per heavy atom. The van der Waals surface area contributed by atoms with Gasteiger partial charge in [-0.05, 0) is 58.2 Å². The molecule has 0 aromatic carbocycles. The Kier molecular flexibility index (Phi) is 8.57. The number of fused-ring (bicyclic) bond motifs is 1. The fraction of sp³-hybridized carbons (Fsp3) is 0.609. The molecule has 1 aliphatic heterocycles. The minimum atomic E-state index is -0.730. The molecule has 8 nitrogen and oxygen atoms in total. The van der Waals surface area contributed by atoms with Crippen molar-refractivity contribution >= 4 is 5.97 Å². The Bertz CT molecular complexity index is 881. The van der Waals surface area contributed by atoms with Crippen LogP contribution in [0.4, 0.5) is 0 Å². The summed E-state index contributed by atoms with van der Waals surface area (Å²) in [6.45, 7) is 8.76. The number of esters is 1. The summed E-state index contributed by atoms with van der Waals surface area (Å²) >= 11 is 0. The summed E-state index contributed by atoms with van der Waals surface area (Å²) in [5, 5.41) is 18.7. The van der Waals surface area contributed by atoms with Crippen molar-refractivity contribution in [3.8, 4) is 0 Å². The van der Waals surface area contributed by atoms with Crippen LogP contribution in [0.15, 0.2) is 12.1 Å². The van der Waals surface area contributed by atoms with Crippen molar-refractivity contribution in [2.45, 2.75) is 65.6 Å². The highest BCUT2D eigenvalue weighted by Crippen LogP contribution is 2.24. The van der Waals surface area contributed by atoms with E-state index in [0.29, 0.717) is 50.6 Å². The summed E-state index contributed by atoms with van der Waals surface area (Å²) in [5.41, 5.74) is 4.89. The highest BCUT2D eigenvalue weighted by atomic mass is 16.5. The van der Waals surface area contributed by atoms with Crippen LogP contribution in [0.2, 0.25) is 0 Å². The summed E-state index contributed by atoms with van der Waals surface area (Å²) in [4.78, 5) is 16.7. The molecule has 3 rings (SSSR count). The lowest BCUT2D eigenvalue weighted by Gasteiger charge is -2.15. The smallest absolute Gasteiger partial charge is 0.339 e. The monoisotopic (exact) mass is 430 g/mol. The first-order valence-electron chi connectivity index (χ1n) is 11.2. The van der Waals surface area contributed by atoms with E-state index in [1.54, 1.807) is 6.07 Å². The number of nitrogens with one attached hydrogen (secondary N) is 1. The number of ether oxygens (including phenoxy) is 2. The van der Waals surface area contributed by atoms with Crippen molar-refractivity contribution in [3.05, 3.63) is 46.0 Å². The van der Waals surface area contributed by atoms with E-state index < -0.39 is 6.23 Å². The maximum absolute atomic E-state index is 12.4. The fourth-order valence-electron chi connectivity index (χ4n) is 3.91. The quantitative estimate of drug-likeness (QED) is 0.537. The fourth-order valence-corrected chi connectivity index (χ4v) is 3.91. The highest BCUT2D eigenvalue weighted by Gasteiger charge is 2.23. The second-order valence-electron chi connectivity index (χ2n) is 7.88. The van der Waals surface area contributed by atoms with Gasteiger partial charge in [0.05, 0.1) is 23.6 Å². The number of carbonyl (C=O) groups is 1. The first kappa shape index (κ1) is 23.4. The average molecular weight is 431 g/mol. The first-order valence-corrected chi connectivity index (χ1v) is 11.2. The van der Waals surface area contributed by atoms with Crippen molar-refractivity contribution < 1.29 is 19.4 Å². The summed E-state index contributed by atoms with van der Waals surface area (Å²) in [5.74, 6) is -0.351. The van der Waals surface area contributed by atoms with Crippen LogP contribution in [0, 0.1) is 13.8 Å². The zero-order valence-corrected chi connectivity index (χ0v) is 18.8. The number of aliphatic hydroxyl groups is 1. The van der Waals surface area contributed by atoms with Gasteiger partial charge in [0.25, 0.3) is 0 Å². The molecule has 8 heteroatoms. The second kappa shape index (κ2) is 11.4. The molecule has 0 bridgehead atoms. The SMILES string of the molecule is CCc1nn(CCCOC(=O)c2ccc(C)nc2C)c2c1C(O)NCCCOCCC2. The molecule has 1 unspecified atom stereocenters. The standard InChI is InChI=1S/C23H34N4O4/c1-4-19-21-20(8-5-13-30-14-6-11-24-22(21)28)27(26-19)12-7-15-31-23(29)18-10-9-16(2)25-17(18)3/h9-10,22,24,28H,4-8,11-15H2,1-3H3. The van der Waals surface area contributed by atoms with Crippen LogP contribution >= 0.6 is 0 Å². The molecule has 2 N–H and O–H groups in total. The molecule has 170 valence electrons. The average Bonchev–Trinajstić information content (AvgIpc) is 3.08. The van der Waals surface area contributed by atoms with Crippen LogP contribution < -0.4 is 5.32 Å². The summed E-state index contributed by atoms with van der Waals surface area (Å²) < 4.78 is 13.1. The van der Waals surface area contributed by atoms with Gasteiger partial charge >= 0.3 is 5.97 Å². The molecule has 2 aromatic heterocycles. The summed E-state index contributed by atoms with van der Waals surface area (Å²) in [6.07, 6.45) is 3.19. The normalized spacial score (nSPS) is 17.6. The van der Waals surface area contributed by atoms with Gasteiger partial charge in [0.15, 0.2) is 0 Å². The van der Waals surface area contributed by atoms with E-state index in [-0.39, 0.29) is 5.97 Å². The van der Waals surface area contributed by atoms with Crippen molar-refractivity contribution in [1.29, 1.82) is 0 Å². The summed E-state index contributed by atoms with van der Waals surface area (Å²) in [7, 11) is 0. The van der Waals surface area contributed by atoms with Crippen LogP contribution in [0.1, 0.15) is 71.1 Å². The van der Waals surface area contributed by atoms with Gasteiger partial charge in [0.1, 0.15) is 6.23 Å². The van der Waals surface area contributed by atoms with Crippen LogP contribution in [-0.4, -0.2) is 52.2 Å². The minimum absolute atomic E-state index is 0.298. The maximum Gasteiger partial charge on any atom is 0.339 e. The van der Waals surface area contributed by atoms with E-state index in [1.165, 1.54) is 0 Å². The Labute approximate surface area is 184 Å². The maximum atomic E-state index is 12.4. The minimum Gasteiger partial charge on any atom is -0.462 e. The van der Waals surface area contributed by atoms with Crippen LogP contribution in [0.25, 0.3) is 0 Å². The summed E-state index contributed by atoms with van der Waals surface area (Å²) in [6, 6.07) is 3.57. The van der Waals surface area contributed by atoms with Gasteiger partial charge in [0.2, 0.25) is 0 Å². The number of rotatable bonds is 6. The zero-order valence-electron chi connectivity index (χ0n) is 18.8. The third-order valence-corrected chi connectivity index (χ3v) is 5.48. The van der Waals surface area contributed by atoms with E-state index in [4.69, 9.17) is 14.6 Å². The number of aromatic nitrogens is 3. The van der Waals surface area contributed by atoms with Gasteiger partial charge in [-0.1, -0.05) is 6.92 Å². The van der Waals surface area contributed by atoms with Gasteiger partial charge in [0, 0.05) is 43.1 Å². The molecule has 0 saturated carbocycles. The van der Waals surface area contributed by atoms with Crippen molar-refractivity contribution in [2.75, 3.05) is 26.4 Å². The molecular weight excluding hydrogens is 396 g/mol. The third-order valence-electron chi connectivity index (χ3n) is 5.48. The lowest BCUT2D eigenvalue weighted by molar-refractivity contribution is 0.0493. The molecule has 0 fully saturated rings. The number of nitrogens with zero attached hydrogens (tertiary/aromatic N) is 3. The predicted octanol–water partition coefficient (Wildman–Crippen LogP) is 2.64. The van der Waals surface area contributed by atoms with E-state index in [1.807, 2.05) is 31.5 Å². The molecule has 0 saturated heterocycles. The molecule has 1 aliphatic rings. The van der Waals surface area contributed by atoms with Gasteiger partial charge in [-0.15, -0.1) is 0 Å². The van der Waals surface area contributed by atoms with Gasteiger partial charge in [-0.2, -0.15) is 5.10 Å². The van der Waals surface area contributed by atoms with E-state index in [2.05, 4.69) is 10.3 Å². The Hall–Kier alpha value is -2.29. The molecule has 0 amide bonds. The number of pyridine rings is 1. The largest absolute Gasteiger partial charge is 0.462 e. The Morgan fingerprint density at radius 3 is 2.90 bits per heavy atom. The number of hydrogen-bond donors (Lipinski definition) is 2. The van der Waals surface area contributed by atoms with Gasteiger partial charge in [-0.25, -0.2) is 4.79 Å². The molecule has 3 heterocycles. The number of hydrogen-bond acceptors (Lipinski definition) is 7. The topological polar surface area (TPSA) is 98.5 Å². The lowest BCUT2D eigenvalue weighted by atomic mass is 10.1. The molecule has 0 spiro atoms. The van der Waals surface area contributed by atoms with Crippen LogP contribution in [0.5, 0.6) is 0 Å². The highest BCUT2D eigenvalue weighted by molar-refractivity contribution is 5.90. The van der Waals surface area contributed by atoms with Gasteiger partial charge in [-0.3, -0.25) is 15.0 Å². The molecule has 1 atom stereocenters. The van der Waals surface area contributed by atoms with E-state index in [0.717, 1.165) is 48.3 Å². The molecule has 0 radical (unpaired) electrons. The Morgan fingerprint density at radius 1 is 1.32 bits per heavy atom. The second-order valence-corrected chi connectivity index (χ2v) is 7.88. The predicted molar refractivity (Wildman–Crippen MR) is 117 cm³/mol. The zero-order chi connectivity index (χ0) is 22.2. The number of aliphatic hydroxyl groups excluding tert-OH is 1. The number of carbonyl (C=O) groups excluding carboxylic acids is 1.